The van der Waals surface area contributed by atoms with Crippen LogP contribution in [0.25, 0.3) is 0 Å². The number of amides is 1. The maximum atomic E-state index is 15.1. The molecule has 1 amide bonds. The first-order chi connectivity index (χ1) is 17.9. The van der Waals surface area contributed by atoms with E-state index in [4.69, 9.17) is 21.1 Å². The van der Waals surface area contributed by atoms with E-state index in [9.17, 15) is 9.59 Å². The smallest absolute Gasteiger partial charge is 0.305 e. The Labute approximate surface area is 223 Å². The standard InChI is InChI=1S/C29H37ClFNO5/c1-3-20(15-21-7-5-13-36-19-21)18-32-29(34)23-11-12-26(31)25(17-23)28(22-8-4-9-24(30)16-22)37-14-6-10-27(33)35-2/h4,8-9,11-12,16-17,20-21,28H,3,5-7,10,13-15,18-19H2,1-2H3,(H,32,34)/t20?,21?,28-/m0/s1. The molecule has 1 heterocycles. The van der Waals surface area contributed by atoms with Gasteiger partial charge in [-0.25, -0.2) is 4.39 Å². The monoisotopic (exact) mass is 533 g/mol. The van der Waals surface area contributed by atoms with Crippen molar-refractivity contribution in [3.8, 4) is 0 Å². The highest BCUT2D eigenvalue weighted by Gasteiger charge is 2.23. The summed E-state index contributed by atoms with van der Waals surface area (Å²) in [7, 11) is 1.33. The SMILES string of the molecule is CCC(CNC(=O)c1ccc(F)c([C@@H](OCCCC(=O)OC)c2cccc(Cl)c2)c1)CC1CCCOC1. The van der Waals surface area contributed by atoms with Gasteiger partial charge in [0.15, 0.2) is 0 Å². The first-order valence-corrected chi connectivity index (χ1v) is 13.4. The van der Waals surface area contributed by atoms with Gasteiger partial charge in [0.2, 0.25) is 0 Å². The van der Waals surface area contributed by atoms with Gasteiger partial charge in [-0.15, -0.1) is 0 Å². The van der Waals surface area contributed by atoms with Crippen LogP contribution in [0.3, 0.4) is 0 Å². The van der Waals surface area contributed by atoms with Gasteiger partial charge < -0.3 is 19.5 Å². The lowest BCUT2D eigenvalue weighted by Crippen LogP contribution is -2.31. The van der Waals surface area contributed by atoms with Gasteiger partial charge in [-0.3, -0.25) is 9.59 Å². The number of ether oxygens (including phenoxy) is 3. The predicted octanol–water partition coefficient (Wildman–Crippen LogP) is 6.11. The van der Waals surface area contributed by atoms with Gasteiger partial charge in [-0.2, -0.15) is 0 Å². The second-order valence-electron chi connectivity index (χ2n) is 9.52. The van der Waals surface area contributed by atoms with Crippen molar-refractivity contribution < 1.29 is 28.2 Å². The largest absolute Gasteiger partial charge is 0.469 e. The van der Waals surface area contributed by atoms with Crippen molar-refractivity contribution in [2.24, 2.45) is 11.8 Å². The molecular weight excluding hydrogens is 497 g/mol. The molecule has 202 valence electrons. The molecule has 0 radical (unpaired) electrons. The minimum absolute atomic E-state index is 0.190. The third-order valence-electron chi connectivity index (χ3n) is 6.78. The van der Waals surface area contributed by atoms with Crippen LogP contribution in [-0.2, 0) is 19.0 Å². The zero-order valence-corrected chi connectivity index (χ0v) is 22.4. The Hall–Kier alpha value is -2.48. The zero-order chi connectivity index (χ0) is 26.6. The van der Waals surface area contributed by atoms with Crippen molar-refractivity contribution in [3.63, 3.8) is 0 Å². The summed E-state index contributed by atoms with van der Waals surface area (Å²) in [6, 6.07) is 11.3. The maximum Gasteiger partial charge on any atom is 0.305 e. The minimum Gasteiger partial charge on any atom is -0.469 e. The Morgan fingerprint density at radius 2 is 2.08 bits per heavy atom. The Morgan fingerprint density at radius 1 is 1.24 bits per heavy atom. The van der Waals surface area contributed by atoms with Gasteiger partial charge >= 0.3 is 5.97 Å². The minimum atomic E-state index is -0.793. The van der Waals surface area contributed by atoms with Crippen LogP contribution in [0, 0.1) is 17.7 Å². The van der Waals surface area contributed by atoms with Crippen LogP contribution < -0.4 is 5.32 Å². The number of nitrogens with one attached hydrogen (secondary N) is 1. The Balaban J connectivity index is 1.72. The normalized spacial score (nSPS) is 17.1. The average molecular weight is 534 g/mol. The number of rotatable bonds is 13. The van der Waals surface area contributed by atoms with E-state index in [1.807, 2.05) is 0 Å². The van der Waals surface area contributed by atoms with E-state index in [0.29, 0.717) is 41.0 Å². The Morgan fingerprint density at radius 3 is 2.78 bits per heavy atom. The van der Waals surface area contributed by atoms with Crippen LogP contribution in [-0.4, -0.2) is 45.4 Å². The van der Waals surface area contributed by atoms with Gasteiger partial charge in [0.25, 0.3) is 5.91 Å². The number of methoxy groups -OCH3 is 1. The quantitative estimate of drug-likeness (QED) is 0.248. The van der Waals surface area contributed by atoms with E-state index in [2.05, 4.69) is 17.0 Å². The van der Waals surface area contributed by atoms with E-state index in [-0.39, 0.29) is 30.5 Å². The second-order valence-corrected chi connectivity index (χ2v) is 9.96. The van der Waals surface area contributed by atoms with Crippen molar-refractivity contribution in [1.29, 1.82) is 0 Å². The molecule has 0 aromatic heterocycles. The molecule has 6 nitrogen and oxygen atoms in total. The molecule has 1 N–H and O–H groups in total. The van der Waals surface area contributed by atoms with Crippen LogP contribution in [0.5, 0.6) is 0 Å². The first kappa shape index (κ1) is 29.1. The molecule has 37 heavy (non-hydrogen) atoms. The van der Waals surface area contributed by atoms with E-state index >= 15 is 4.39 Å². The summed E-state index contributed by atoms with van der Waals surface area (Å²) in [6.45, 7) is 4.51. The molecule has 0 bridgehead atoms. The number of carbonyl (C=O) groups is 2. The van der Waals surface area contributed by atoms with Crippen LogP contribution in [0.15, 0.2) is 42.5 Å². The molecule has 3 atom stereocenters. The molecule has 0 aliphatic carbocycles. The van der Waals surface area contributed by atoms with E-state index in [0.717, 1.165) is 38.9 Å². The highest BCUT2D eigenvalue weighted by atomic mass is 35.5. The Bertz CT molecular complexity index is 1030. The van der Waals surface area contributed by atoms with Gasteiger partial charge in [-0.05, 0) is 73.4 Å². The molecule has 8 heteroatoms. The molecule has 2 aromatic carbocycles. The van der Waals surface area contributed by atoms with Crippen LogP contribution in [0.4, 0.5) is 4.39 Å². The number of hydrogen-bond donors (Lipinski definition) is 1. The highest BCUT2D eigenvalue weighted by Crippen LogP contribution is 2.31. The maximum absolute atomic E-state index is 15.1. The lowest BCUT2D eigenvalue weighted by atomic mass is 9.89. The van der Waals surface area contributed by atoms with Gasteiger partial charge in [0, 0.05) is 48.9 Å². The highest BCUT2D eigenvalue weighted by molar-refractivity contribution is 6.30. The summed E-state index contributed by atoms with van der Waals surface area (Å²) < 4.78 is 31.4. The third kappa shape index (κ3) is 9.09. The molecule has 0 saturated carbocycles. The fraction of sp³-hybridized carbons (Fsp3) is 0.517. The summed E-state index contributed by atoms with van der Waals surface area (Å²) in [6.07, 6.45) is 4.04. The van der Waals surface area contributed by atoms with Gasteiger partial charge in [0.1, 0.15) is 11.9 Å². The van der Waals surface area contributed by atoms with Crippen molar-refractivity contribution >= 4 is 23.5 Å². The first-order valence-electron chi connectivity index (χ1n) is 13.0. The van der Waals surface area contributed by atoms with Crippen LogP contribution >= 0.6 is 11.6 Å². The van der Waals surface area contributed by atoms with Crippen molar-refractivity contribution in [3.05, 3.63) is 70.0 Å². The van der Waals surface area contributed by atoms with Crippen LogP contribution in [0.2, 0.25) is 5.02 Å². The summed E-state index contributed by atoms with van der Waals surface area (Å²) in [5, 5.41) is 3.52. The molecule has 1 aliphatic rings. The average Bonchev–Trinajstić information content (AvgIpc) is 2.91. The predicted molar refractivity (Wildman–Crippen MR) is 141 cm³/mol. The fourth-order valence-corrected chi connectivity index (χ4v) is 4.84. The fourth-order valence-electron chi connectivity index (χ4n) is 4.64. The van der Waals surface area contributed by atoms with E-state index in [1.54, 1.807) is 24.3 Å². The van der Waals surface area contributed by atoms with Crippen molar-refractivity contribution in [2.75, 3.05) is 33.5 Å². The molecule has 0 spiro atoms. The molecule has 1 fully saturated rings. The number of halogens is 2. The number of benzene rings is 2. The summed E-state index contributed by atoms with van der Waals surface area (Å²) in [5.74, 6) is -0.196. The van der Waals surface area contributed by atoms with Crippen molar-refractivity contribution in [1.82, 2.24) is 5.32 Å². The molecule has 3 rings (SSSR count). The lowest BCUT2D eigenvalue weighted by molar-refractivity contribution is -0.141. The molecule has 2 unspecified atom stereocenters. The van der Waals surface area contributed by atoms with Gasteiger partial charge in [0.05, 0.1) is 7.11 Å². The van der Waals surface area contributed by atoms with Crippen molar-refractivity contribution in [2.45, 2.75) is 51.6 Å². The van der Waals surface area contributed by atoms with Crippen LogP contribution in [0.1, 0.15) is 73.0 Å². The zero-order valence-electron chi connectivity index (χ0n) is 21.6. The number of hydrogen-bond acceptors (Lipinski definition) is 5. The molecule has 1 aliphatic heterocycles. The topological polar surface area (TPSA) is 73.9 Å². The summed E-state index contributed by atoms with van der Waals surface area (Å²) in [4.78, 5) is 24.5. The Kier molecular flexibility index (Phi) is 11.8. The molecular formula is C29H37ClFNO5. The summed E-state index contributed by atoms with van der Waals surface area (Å²) >= 11 is 6.19. The molecule has 2 aromatic rings. The van der Waals surface area contributed by atoms with E-state index < -0.39 is 11.9 Å². The lowest BCUT2D eigenvalue weighted by Gasteiger charge is -2.26. The molecule has 1 saturated heterocycles. The second kappa shape index (κ2) is 15.1. The van der Waals surface area contributed by atoms with Gasteiger partial charge in [-0.1, -0.05) is 37.1 Å². The van der Waals surface area contributed by atoms with E-state index in [1.165, 1.54) is 25.3 Å². The number of esters is 1. The third-order valence-corrected chi connectivity index (χ3v) is 7.01. The summed E-state index contributed by atoms with van der Waals surface area (Å²) in [5.41, 5.74) is 1.25. The number of carbonyl (C=O) groups excluding carboxylic acids is 2.